The van der Waals surface area contributed by atoms with Crippen LogP contribution in [0.2, 0.25) is 0 Å². The fourth-order valence-electron chi connectivity index (χ4n) is 4.28. The van der Waals surface area contributed by atoms with Gasteiger partial charge in [0.05, 0.1) is 12.7 Å². The molecular formula is C15H18FNO. The van der Waals surface area contributed by atoms with Gasteiger partial charge in [-0.2, -0.15) is 0 Å². The van der Waals surface area contributed by atoms with Crippen molar-refractivity contribution in [3.05, 3.63) is 35.6 Å². The zero-order valence-corrected chi connectivity index (χ0v) is 10.3. The van der Waals surface area contributed by atoms with E-state index in [2.05, 4.69) is 5.32 Å². The Morgan fingerprint density at radius 2 is 2.11 bits per heavy atom. The third kappa shape index (κ3) is 1.54. The normalized spacial score (nSPS) is 40.6. The smallest absolute Gasteiger partial charge is 0.128 e. The number of ether oxygens (including phenoxy) is 1. The van der Waals surface area contributed by atoms with Crippen molar-refractivity contribution in [3.63, 3.8) is 0 Å². The zero-order valence-electron chi connectivity index (χ0n) is 10.3. The van der Waals surface area contributed by atoms with E-state index in [9.17, 15) is 4.39 Å². The van der Waals surface area contributed by atoms with Crippen LogP contribution in [0.1, 0.15) is 18.4 Å². The van der Waals surface area contributed by atoms with Gasteiger partial charge in [-0.05, 0) is 43.2 Å². The summed E-state index contributed by atoms with van der Waals surface area (Å²) in [6.07, 6.45) is 2.91. The van der Waals surface area contributed by atoms with Crippen LogP contribution in [0, 0.1) is 23.6 Å². The summed E-state index contributed by atoms with van der Waals surface area (Å²) in [7, 11) is 0. The Balaban J connectivity index is 1.46. The van der Waals surface area contributed by atoms with E-state index >= 15 is 0 Å². The summed E-state index contributed by atoms with van der Waals surface area (Å²) in [4.78, 5) is 0. The van der Waals surface area contributed by atoms with Gasteiger partial charge in [0, 0.05) is 11.6 Å². The van der Waals surface area contributed by atoms with Crippen molar-refractivity contribution in [3.8, 4) is 0 Å². The van der Waals surface area contributed by atoms with Crippen molar-refractivity contribution in [2.75, 3.05) is 6.54 Å². The van der Waals surface area contributed by atoms with Gasteiger partial charge in [0.2, 0.25) is 0 Å². The van der Waals surface area contributed by atoms with Gasteiger partial charge in [0.15, 0.2) is 0 Å². The summed E-state index contributed by atoms with van der Waals surface area (Å²) < 4.78 is 19.6. The molecule has 1 aliphatic heterocycles. The maximum Gasteiger partial charge on any atom is 0.128 e. The summed E-state index contributed by atoms with van der Waals surface area (Å²) in [5, 5.41) is 3.59. The predicted octanol–water partition coefficient (Wildman–Crippen LogP) is 2.34. The molecule has 2 bridgehead atoms. The minimum Gasteiger partial charge on any atom is -0.372 e. The molecule has 96 valence electrons. The van der Waals surface area contributed by atoms with Crippen molar-refractivity contribution in [2.45, 2.75) is 31.6 Å². The number of benzene rings is 1. The lowest BCUT2D eigenvalue weighted by Crippen LogP contribution is -2.39. The van der Waals surface area contributed by atoms with Gasteiger partial charge < -0.3 is 10.1 Å². The van der Waals surface area contributed by atoms with E-state index in [1.54, 1.807) is 6.07 Å². The molecule has 2 aliphatic carbocycles. The fourth-order valence-corrected chi connectivity index (χ4v) is 4.28. The highest BCUT2D eigenvalue weighted by Crippen LogP contribution is 2.52. The van der Waals surface area contributed by atoms with E-state index in [-0.39, 0.29) is 5.82 Å². The average Bonchev–Trinajstić information content (AvgIpc) is 2.98. The summed E-state index contributed by atoms with van der Waals surface area (Å²) in [6.45, 7) is 1.56. The first-order valence-electron chi connectivity index (χ1n) is 6.91. The van der Waals surface area contributed by atoms with Gasteiger partial charge in [0.25, 0.3) is 0 Å². The van der Waals surface area contributed by atoms with Gasteiger partial charge in [0.1, 0.15) is 5.82 Å². The van der Waals surface area contributed by atoms with Crippen LogP contribution in [0.25, 0.3) is 0 Å². The average molecular weight is 247 g/mol. The molecule has 2 nitrogen and oxygen atoms in total. The predicted molar refractivity (Wildman–Crippen MR) is 66.5 cm³/mol. The van der Waals surface area contributed by atoms with Crippen LogP contribution in [-0.2, 0) is 11.3 Å². The molecule has 18 heavy (non-hydrogen) atoms. The maximum absolute atomic E-state index is 13.5. The summed E-state index contributed by atoms with van der Waals surface area (Å²) in [5.74, 6) is 2.25. The summed E-state index contributed by atoms with van der Waals surface area (Å²) >= 11 is 0. The molecule has 5 atom stereocenters. The van der Waals surface area contributed by atoms with Crippen molar-refractivity contribution >= 4 is 0 Å². The molecule has 0 amide bonds. The fraction of sp³-hybridized carbons (Fsp3) is 0.600. The van der Waals surface area contributed by atoms with Crippen LogP contribution in [0.15, 0.2) is 24.3 Å². The Labute approximate surface area is 107 Å². The zero-order chi connectivity index (χ0) is 12.1. The van der Waals surface area contributed by atoms with Crippen molar-refractivity contribution < 1.29 is 9.13 Å². The molecule has 3 aliphatic rings. The molecule has 3 heteroatoms. The maximum atomic E-state index is 13.5. The van der Waals surface area contributed by atoms with E-state index < -0.39 is 0 Å². The Hall–Kier alpha value is -0.930. The molecule has 2 saturated carbocycles. The molecule has 1 saturated heterocycles. The van der Waals surface area contributed by atoms with E-state index in [1.807, 2.05) is 12.1 Å². The Morgan fingerprint density at radius 1 is 1.22 bits per heavy atom. The van der Waals surface area contributed by atoms with Crippen molar-refractivity contribution in [1.29, 1.82) is 0 Å². The van der Waals surface area contributed by atoms with Gasteiger partial charge in [-0.1, -0.05) is 18.2 Å². The molecule has 0 radical (unpaired) electrons. The third-order valence-corrected chi connectivity index (χ3v) is 5.07. The van der Waals surface area contributed by atoms with Crippen LogP contribution >= 0.6 is 0 Å². The van der Waals surface area contributed by atoms with Crippen LogP contribution in [-0.4, -0.2) is 18.7 Å². The largest absolute Gasteiger partial charge is 0.372 e. The molecule has 3 fully saturated rings. The lowest BCUT2D eigenvalue weighted by molar-refractivity contribution is -0.00931. The monoisotopic (exact) mass is 247 g/mol. The van der Waals surface area contributed by atoms with Gasteiger partial charge in [-0.3, -0.25) is 0 Å². The molecular weight excluding hydrogens is 229 g/mol. The van der Waals surface area contributed by atoms with Crippen molar-refractivity contribution in [2.24, 2.45) is 17.8 Å². The first-order chi connectivity index (χ1) is 8.83. The second-order valence-electron chi connectivity index (χ2n) is 5.96. The van der Waals surface area contributed by atoms with Gasteiger partial charge in [-0.25, -0.2) is 4.39 Å². The number of nitrogens with one attached hydrogen (secondary N) is 1. The Kier molecular flexibility index (Phi) is 2.45. The summed E-state index contributed by atoms with van der Waals surface area (Å²) in [6, 6.07) is 7.43. The third-order valence-electron chi connectivity index (χ3n) is 5.07. The number of hydrogen-bond donors (Lipinski definition) is 1. The van der Waals surface area contributed by atoms with Crippen LogP contribution in [0.3, 0.4) is 0 Å². The van der Waals surface area contributed by atoms with Crippen molar-refractivity contribution in [1.82, 2.24) is 5.32 Å². The van der Waals surface area contributed by atoms with E-state index in [4.69, 9.17) is 4.74 Å². The standard InChI is InChI=1S/C15H18FNO/c16-13-4-2-1-3-9(13)8-18-15-10-5-11-7-17-14(15)12(11)6-10/h1-4,10-12,14-15,17H,5-8H2. The topological polar surface area (TPSA) is 21.3 Å². The SMILES string of the molecule is Fc1ccccc1COC1C2CC3CNC1C3C2. The lowest BCUT2D eigenvalue weighted by atomic mass is 9.88. The first kappa shape index (κ1) is 10.9. The summed E-state index contributed by atoms with van der Waals surface area (Å²) in [5.41, 5.74) is 0.676. The van der Waals surface area contributed by atoms with Crippen LogP contribution < -0.4 is 5.32 Å². The molecule has 5 unspecified atom stereocenters. The number of rotatable bonds is 3. The highest BCUT2D eigenvalue weighted by atomic mass is 19.1. The quantitative estimate of drug-likeness (QED) is 0.885. The molecule has 1 aromatic rings. The first-order valence-corrected chi connectivity index (χ1v) is 6.91. The molecule has 1 heterocycles. The number of halogens is 1. The van der Waals surface area contributed by atoms with E-state index in [0.717, 1.165) is 18.4 Å². The molecule has 1 N–H and O–H groups in total. The number of fused-ring (bicyclic) bond motifs is 1. The molecule has 0 spiro atoms. The second-order valence-corrected chi connectivity index (χ2v) is 5.96. The van der Waals surface area contributed by atoms with Gasteiger partial charge in [-0.15, -0.1) is 0 Å². The Morgan fingerprint density at radius 3 is 3.00 bits per heavy atom. The molecule has 4 rings (SSSR count). The van der Waals surface area contributed by atoms with E-state index in [1.165, 1.54) is 18.9 Å². The molecule has 0 aromatic heterocycles. The lowest BCUT2D eigenvalue weighted by Gasteiger charge is -2.27. The second kappa shape index (κ2) is 4.04. The number of hydrogen-bond acceptors (Lipinski definition) is 2. The van der Waals surface area contributed by atoms with E-state index in [0.29, 0.717) is 30.2 Å². The van der Waals surface area contributed by atoms with Gasteiger partial charge >= 0.3 is 0 Å². The highest BCUT2D eigenvalue weighted by Gasteiger charge is 2.56. The van der Waals surface area contributed by atoms with Crippen LogP contribution in [0.4, 0.5) is 4.39 Å². The Bertz CT molecular complexity index is 462. The minimum atomic E-state index is -0.155. The highest BCUT2D eigenvalue weighted by molar-refractivity contribution is 5.17. The molecule has 1 aromatic carbocycles. The van der Waals surface area contributed by atoms with Crippen LogP contribution in [0.5, 0.6) is 0 Å². The minimum absolute atomic E-state index is 0.155.